The minimum Gasteiger partial charge on any atom is -0.310 e. The van der Waals surface area contributed by atoms with Gasteiger partial charge in [-0.3, -0.25) is 4.79 Å². The topological polar surface area (TPSA) is 20.3 Å². The zero-order chi connectivity index (χ0) is 17.4. The van der Waals surface area contributed by atoms with Crippen molar-refractivity contribution in [1.82, 2.24) is 0 Å². The molecule has 0 aromatic heterocycles. The van der Waals surface area contributed by atoms with Crippen LogP contribution in [-0.2, 0) is 4.79 Å². The van der Waals surface area contributed by atoms with E-state index in [0.717, 1.165) is 38.0 Å². The first-order valence-corrected chi connectivity index (χ1v) is 8.90. The van der Waals surface area contributed by atoms with Crippen molar-refractivity contribution >= 4 is 38.7 Å². The van der Waals surface area contributed by atoms with Crippen LogP contribution in [0, 0.1) is 0 Å². The fraction of sp³-hybridized carbons (Fsp3) is 0.0455. The summed E-state index contributed by atoms with van der Waals surface area (Å²) < 4.78 is 0.927. The lowest BCUT2D eigenvalue weighted by atomic mass is 9.90. The predicted molar refractivity (Wildman–Crippen MR) is 106 cm³/mol. The molecule has 2 nitrogen and oxygen atoms in total. The minimum absolute atomic E-state index is 0.0182. The van der Waals surface area contributed by atoms with Crippen LogP contribution in [-0.4, -0.2) is 13.0 Å². The first-order valence-electron chi connectivity index (χ1n) is 8.10. The Kier molecular flexibility index (Phi) is 4.02. The van der Waals surface area contributed by atoms with Crippen LogP contribution in [0.25, 0.3) is 11.1 Å². The number of nitrogens with zero attached hydrogens (tertiary/aromatic N) is 1. The van der Waals surface area contributed by atoms with E-state index in [4.69, 9.17) is 0 Å². The molecule has 0 atom stereocenters. The maximum atomic E-state index is 13.1. The number of carbonyl (C=O) groups excluding carboxylic acids is 1. The molecule has 0 aliphatic carbocycles. The highest BCUT2D eigenvalue weighted by Crippen LogP contribution is 2.45. The van der Waals surface area contributed by atoms with Gasteiger partial charge in [-0.15, -0.1) is 0 Å². The standard InChI is InChI=1S/C22H16BrNO/c1-24-21-17(13-8-14-18(21)23)20(22(24)25)19(15-9-4-2-5-10-15)16-11-6-3-7-12-16/h2-14H,1H3. The SMILES string of the molecule is CN1C(=O)C(=C(c2ccccc2)c2ccccc2)c2cccc(Br)c21. The number of hydrogen-bond acceptors (Lipinski definition) is 1. The zero-order valence-corrected chi connectivity index (χ0v) is 15.3. The van der Waals surface area contributed by atoms with Crippen molar-refractivity contribution in [1.29, 1.82) is 0 Å². The van der Waals surface area contributed by atoms with Crippen molar-refractivity contribution in [3.63, 3.8) is 0 Å². The summed E-state index contributed by atoms with van der Waals surface area (Å²) in [7, 11) is 1.83. The Labute approximate surface area is 155 Å². The fourth-order valence-corrected chi connectivity index (χ4v) is 3.98. The van der Waals surface area contributed by atoms with Gasteiger partial charge in [-0.1, -0.05) is 72.8 Å². The van der Waals surface area contributed by atoms with E-state index in [1.54, 1.807) is 4.90 Å². The van der Waals surface area contributed by atoms with Gasteiger partial charge in [-0.2, -0.15) is 0 Å². The summed E-state index contributed by atoms with van der Waals surface area (Å²) in [6, 6.07) is 26.2. The van der Waals surface area contributed by atoms with Crippen LogP contribution < -0.4 is 4.90 Å². The van der Waals surface area contributed by atoms with Crippen molar-refractivity contribution in [2.75, 3.05) is 11.9 Å². The molecule has 0 bridgehead atoms. The van der Waals surface area contributed by atoms with Gasteiger partial charge in [-0.05, 0) is 33.1 Å². The van der Waals surface area contributed by atoms with Crippen LogP contribution in [0.15, 0.2) is 83.3 Å². The van der Waals surface area contributed by atoms with E-state index in [1.165, 1.54) is 0 Å². The lowest BCUT2D eigenvalue weighted by Gasteiger charge is -2.13. The second-order valence-electron chi connectivity index (χ2n) is 5.98. The van der Waals surface area contributed by atoms with E-state index in [1.807, 2.05) is 61.6 Å². The van der Waals surface area contributed by atoms with E-state index in [0.29, 0.717) is 0 Å². The molecule has 0 spiro atoms. The molecule has 0 fully saturated rings. The summed E-state index contributed by atoms with van der Waals surface area (Å²) in [6.07, 6.45) is 0. The van der Waals surface area contributed by atoms with E-state index < -0.39 is 0 Å². The molecular weight excluding hydrogens is 374 g/mol. The van der Waals surface area contributed by atoms with Gasteiger partial charge in [0.15, 0.2) is 0 Å². The Morgan fingerprint density at radius 1 is 0.800 bits per heavy atom. The van der Waals surface area contributed by atoms with Gasteiger partial charge in [0, 0.05) is 22.7 Å². The monoisotopic (exact) mass is 389 g/mol. The molecule has 3 aromatic carbocycles. The van der Waals surface area contributed by atoms with Gasteiger partial charge in [0.25, 0.3) is 5.91 Å². The molecule has 1 amide bonds. The van der Waals surface area contributed by atoms with E-state index >= 15 is 0 Å². The number of hydrogen-bond donors (Lipinski definition) is 0. The van der Waals surface area contributed by atoms with Gasteiger partial charge < -0.3 is 4.90 Å². The number of para-hydroxylation sites is 1. The Balaban J connectivity index is 2.09. The van der Waals surface area contributed by atoms with E-state index in [-0.39, 0.29) is 5.91 Å². The molecule has 4 rings (SSSR count). The third-order valence-corrected chi connectivity index (χ3v) is 5.12. The first-order chi connectivity index (χ1) is 12.2. The average molecular weight is 390 g/mol. The van der Waals surface area contributed by atoms with Gasteiger partial charge in [0.2, 0.25) is 0 Å². The van der Waals surface area contributed by atoms with Crippen LogP contribution >= 0.6 is 15.9 Å². The summed E-state index contributed by atoms with van der Waals surface area (Å²) in [6.45, 7) is 0. The van der Waals surface area contributed by atoms with Crippen molar-refractivity contribution in [3.05, 3.63) is 100 Å². The highest BCUT2D eigenvalue weighted by atomic mass is 79.9. The Morgan fingerprint density at radius 2 is 1.36 bits per heavy atom. The average Bonchev–Trinajstić information content (AvgIpc) is 2.90. The van der Waals surface area contributed by atoms with Crippen LogP contribution in [0.5, 0.6) is 0 Å². The third-order valence-electron chi connectivity index (χ3n) is 4.48. The second-order valence-corrected chi connectivity index (χ2v) is 6.84. The number of benzene rings is 3. The largest absolute Gasteiger partial charge is 0.310 e. The summed E-state index contributed by atoms with van der Waals surface area (Å²) in [5.41, 5.74) is 5.68. The highest BCUT2D eigenvalue weighted by molar-refractivity contribution is 9.10. The van der Waals surface area contributed by atoms with Crippen LogP contribution in [0.3, 0.4) is 0 Å². The lowest BCUT2D eigenvalue weighted by molar-refractivity contribution is -0.112. The van der Waals surface area contributed by atoms with Crippen LogP contribution in [0.4, 0.5) is 5.69 Å². The maximum Gasteiger partial charge on any atom is 0.259 e. The number of rotatable bonds is 2. The number of likely N-dealkylation sites (N-methyl/N-ethyl adjacent to an activating group) is 1. The Morgan fingerprint density at radius 3 is 1.92 bits per heavy atom. The van der Waals surface area contributed by atoms with E-state index in [2.05, 4.69) is 40.2 Å². The number of halogens is 1. The van der Waals surface area contributed by atoms with Gasteiger partial charge >= 0.3 is 0 Å². The Bertz CT molecular complexity index is 936. The molecule has 25 heavy (non-hydrogen) atoms. The van der Waals surface area contributed by atoms with Gasteiger partial charge in [-0.25, -0.2) is 0 Å². The first kappa shape index (κ1) is 15.9. The summed E-state index contributed by atoms with van der Waals surface area (Å²) in [5.74, 6) is 0.0182. The fourth-order valence-electron chi connectivity index (χ4n) is 3.35. The Hall–Kier alpha value is -2.65. The lowest BCUT2D eigenvalue weighted by Crippen LogP contribution is -2.21. The molecular formula is C22H16BrNO. The molecule has 3 aromatic rings. The molecule has 122 valence electrons. The molecule has 0 N–H and O–H groups in total. The smallest absolute Gasteiger partial charge is 0.259 e. The highest BCUT2D eigenvalue weighted by Gasteiger charge is 2.34. The molecule has 1 heterocycles. The predicted octanol–water partition coefficient (Wildman–Crippen LogP) is 5.38. The summed E-state index contributed by atoms with van der Waals surface area (Å²) >= 11 is 3.59. The quantitative estimate of drug-likeness (QED) is 0.538. The summed E-state index contributed by atoms with van der Waals surface area (Å²) in [4.78, 5) is 14.9. The number of amides is 1. The van der Waals surface area contributed by atoms with Gasteiger partial charge in [0.1, 0.15) is 0 Å². The molecule has 1 aliphatic rings. The molecule has 0 unspecified atom stereocenters. The molecule has 0 radical (unpaired) electrons. The second kappa shape index (κ2) is 6.34. The van der Waals surface area contributed by atoms with Gasteiger partial charge in [0.05, 0.1) is 11.3 Å². The zero-order valence-electron chi connectivity index (χ0n) is 13.7. The van der Waals surface area contributed by atoms with Crippen molar-refractivity contribution in [2.45, 2.75) is 0 Å². The van der Waals surface area contributed by atoms with Crippen molar-refractivity contribution < 1.29 is 4.79 Å². The van der Waals surface area contributed by atoms with Crippen LogP contribution in [0.2, 0.25) is 0 Å². The summed E-state index contributed by atoms with van der Waals surface area (Å²) in [5, 5.41) is 0. The molecule has 1 aliphatic heterocycles. The normalized spacial score (nSPS) is 13.1. The molecule has 0 saturated carbocycles. The van der Waals surface area contributed by atoms with E-state index in [9.17, 15) is 4.79 Å². The van der Waals surface area contributed by atoms with Crippen LogP contribution in [0.1, 0.15) is 16.7 Å². The maximum absolute atomic E-state index is 13.1. The molecule has 0 saturated heterocycles. The van der Waals surface area contributed by atoms with Crippen molar-refractivity contribution in [3.8, 4) is 0 Å². The number of fused-ring (bicyclic) bond motifs is 1. The number of carbonyl (C=O) groups is 1. The number of anilines is 1. The minimum atomic E-state index is 0.0182. The van der Waals surface area contributed by atoms with Crippen molar-refractivity contribution in [2.24, 2.45) is 0 Å². The third kappa shape index (κ3) is 2.61. The molecule has 3 heteroatoms.